The Labute approximate surface area is 166 Å². The molecule has 2 aromatic carbocycles. The van der Waals surface area contributed by atoms with Gasteiger partial charge in [-0.1, -0.05) is 24.3 Å². The maximum Gasteiger partial charge on any atom is 0.251 e. The summed E-state index contributed by atoms with van der Waals surface area (Å²) in [5.41, 5.74) is 9.67. The Kier molecular flexibility index (Phi) is 7.67. The van der Waals surface area contributed by atoms with Crippen molar-refractivity contribution in [3.63, 3.8) is 0 Å². The number of anilines is 1. The van der Waals surface area contributed by atoms with Gasteiger partial charge >= 0.3 is 0 Å². The molecule has 0 radical (unpaired) electrons. The molecule has 0 heterocycles. The predicted molar refractivity (Wildman–Crippen MR) is 110 cm³/mol. The topological polar surface area (TPSA) is 84.2 Å². The second-order valence-corrected chi connectivity index (χ2v) is 6.70. The number of benzene rings is 2. The van der Waals surface area contributed by atoms with E-state index in [-0.39, 0.29) is 30.3 Å². The SMILES string of the molecule is Cl.Nc1ccc2c(c1)CCCC2NC(=O)CCCNC(=O)c1ccccc1. The highest BCUT2D eigenvalue weighted by molar-refractivity contribution is 5.94. The lowest BCUT2D eigenvalue weighted by Crippen LogP contribution is -2.32. The maximum absolute atomic E-state index is 12.3. The van der Waals surface area contributed by atoms with E-state index in [0.717, 1.165) is 24.9 Å². The van der Waals surface area contributed by atoms with Crippen LogP contribution in [0.3, 0.4) is 0 Å². The molecule has 1 atom stereocenters. The summed E-state index contributed by atoms with van der Waals surface area (Å²) in [7, 11) is 0. The summed E-state index contributed by atoms with van der Waals surface area (Å²) in [5.74, 6) is -0.0848. The lowest BCUT2D eigenvalue weighted by atomic mass is 9.87. The molecule has 0 spiro atoms. The van der Waals surface area contributed by atoms with Crippen molar-refractivity contribution in [1.82, 2.24) is 10.6 Å². The molecule has 1 unspecified atom stereocenters. The van der Waals surface area contributed by atoms with E-state index >= 15 is 0 Å². The molecule has 0 aromatic heterocycles. The second kappa shape index (κ2) is 9.97. The van der Waals surface area contributed by atoms with Gasteiger partial charge < -0.3 is 16.4 Å². The number of carbonyl (C=O) groups is 2. The van der Waals surface area contributed by atoms with Gasteiger partial charge in [-0.25, -0.2) is 0 Å². The third kappa shape index (κ3) is 5.73. The van der Waals surface area contributed by atoms with Crippen molar-refractivity contribution in [3.05, 3.63) is 65.2 Å². The number of fused-ring (bicyclic) bond motifs is 1. The molecule has 0 saturated carbocycles. The third-order valence-electron chi connectivity index (χ3n) is 4.72. The molecule has 0 bridgehead atoms. The van der Waals surface area contributed by atoms with Crippen molar-refractivity contribution < 1.29 is 9.59 Å². The zero-order valence-corrected chi connectivity index (χ0v) is 16.1. The smallest absolute Gasteiger partial charge is 0.251 e. The van der Waals surface area contributed by atoms with Crippen LogP contribution in [-0.4, -0.2) is 18.4 Å². The molecular weight excluding hydrogens is 362 g/mol. The van der Waals surface area contributed by atoms with Crippen molar-refractivity contribution >= 4 is 29.9 Å². The number of nitrogens with two attached hydrogens (primary N) is 1. The van der Waals surface area contributed by atoms with E-state index in [0.29, 0.717) is 24.9 Å². The molecule has 144 valence electrons. The Morgan fingerprint density at radius 3 is 2.67 bits per heavy atom. The third-order valence-corrected chi connectivity index (χ3v) is 4.72. The zero-order valence-electron chi connectivity index (χ0n) is 15.2. The van der Waals surface area contributed by atoms with Crippen LogP contribution < -0.4 is 16.4 Å². The fraction of sp³-hybridized carbons (Fsp3) is 0.333. The minimum absolute atomic E-state index is 0. The van der Waals surface area contributed by atoms with Crippen LogP contribution in [0.25, 0.3) is 0 Å². The van der Waals surface area contributed by atoms with Crippen LogP contribution in [0, 0.1) is 0 Å². The van der Waals surface area contributed by atoms with Crippen molar-refractivity contribution in [2.45, 2.75) is 38.1 Å². The van der Waals surface area contributed by atoms with Crippen LogP contribution >= 0.6 is 12.4 Å². The van der Waals surface area contributed by atoms with Gasteiger partial charge in [0, 0.05) is 24.2 Å². The Bertz CT molecular complexity index is 780. The molecule has 0 aliphatic heterocycles. The summed E-state index contributed by atoms with van der Waals surface area (Å²) in [6.45, 7) is 0.485. The predicted octanol–water partition coefficient (Wildman–Crippen LogP) is 3.39. The van der Waals surface area contributed by atoms with Gasteiger partial charge in [-0.15, -0.1) is 12.4 Å². The summed E-state index contributed by atoms with van der Waals surface area (Å²) in [6, 6.07) is 15.1. The number of halogens is 1. The van der Waals surface area contributed by atoms with Crippen molar-refractivity contribution in [3.8, 4) is 0 Å². The molecule has 27 heavy (non-hydrogen) atoms. The maximum atomic E-state index is 12.3. The summed E-state index contributed by atoms with van der Waals surface area (Å²) in [6.07, 6.45) is 4.03. The molecule has 4 N–H and O–H groups in total. The standard InChI is InChI=1S/C21H25N3O2.ClH/c22-17-11-12-18-16(14-17)8-4-9-19(18)24-20(25)10-5-13-23-21(26)15-6-2-1-3-7-15;/h1-3,6-7,11-12,14,19H,4-5,8-10,13,22H2,(H,23,26)(H,24,25);1H. The molecule has 3 rings (SSSR count). The van der Waals surface area contributed by atoms with Crippen molar-refractivity contribution in [2.24, 2.45) is 0 Å². The van der Waals surface area contributed by atoms with Crippen LogP contribution in [0.5, 0.6) is 0 Å². The summed E-state index contributed by atoms with van der Waals surface area (Å²) in [4.78, 5) is 24.2. The molecule has 2 aromatic rings. The van der Waals surface area contributed by atoms with Gasteiger partial charge in [0.05, 0.1) is 6.04 Å². The largest absolute Gasteiger partial charge is 0.399 e. The number of nitrogens with one attached hydrogen (secondary N) is 2. The quantitative estimate of drug-likeness (QED) is 0.524. The molecule has 0 saturated heterocycles. The van der Waals surface area contributed by atoms with Crippen LogP contribution in [0.1, 0.15) is 53.2 Å². The first kappa shape index (κ1) is 20.8. The molecule has 6 heteroatoms. The van der Waals surface area contributed by atoms with Crippen LogP contribution in [0.4, 0.5) is 5.69 Å². The van der Waals surface area contributed by atoms with Gasteiger partial charge in [-0.3, -0.25) is 9.59 Å². The average Bonchev–Trinajstić information content (AvgIpc) is 2.65. The van der Waals surface area contributed by atoms with Crippen molar-refractivity contribution in [1.29, 1.82) is 0 Å². The minimum Gasteiger partial charge on any atom is -0.399 e. The molecule has 1 aliphatic rings. The monoisotopic (exact) mass is 387 g/mol. The van der Waals surface area contributed by atoms with Gasteiger partial charge in [0.25, 0.3) is 5.91 Å². The fourth-order valence-corrected chi connectivity index (χ4v) is 3.39. The van der Waals surface area contributed by atoms with Crippen LogP contribution in [0.2, 0.25) is 0 Å². The minimum atomic E-state index is -0.107. The molecule has 1 aliphatic carbocycles. The molecular formula is C21H26ClN3O2. The Morgan fingerprint density at radius 2 is 1.89 bits per heavy atom. The van der Waals surface area contributed by atoms with Gasteiger partial charge in [-0.2, -0.15) is 0 Å². The summed E-state index contributed by atoms with van der Waals surface area (Å²) in [5, 5.41) is 5.97. The van der Waals surface area contributed by atoms with E-state index in [9.17, 15) is 9.59 Å². The number of hydrogen-bond donors (Lipinski definition) is 3. The highest BCUT2D eigenvalue weighted by Crippen LogP contribution is 2.31. The van der Waals surface area contributed by atoms with E-state index in [1.165, 1.54) is 11.1 Å². The lowest BCUT2D eigenvalue weighted by molar-refractivity contribution is -0.122. The lowest BCUT2D eigenvalue weighted by Gasteiger charge is -2.26. The average molecular weight is 388 g/mol. The Morgan fingerprint density at radius 1 is 1.11 bits per heavy atom. The van der Waals surface area contributed by atoms with E-state index in [1.807, 2.05) is 36.4 Å². The van der Waals surface area contributed by atoms with Gasteiger partial charge in [0.2, 0.25) is 5.91 Å². The van der Waals surface area contributed by atoms with E-state index < -0.39 is 0 Å². The fourth-order valence-electron chi connectivity index (χ4n) is 3.39. The Balaban J connectivity index is 0.00000261. The normalized spacial score (nSPS) is 15.2. The first-order valence-corrected chi connectivity index (χ1v) is 9.14. The number of hydrogen-bond acceptors (Lipinski definition) is 3. The first-order chi connectivity index (χ1) is 12.6. The van der Waals surface area contributed by atoms with Crippen LogP contribution in [0.15, 0.2) is 48.5 Å². The van der Waals surface area contributed by atoms with Gasteiger partial charge in [0.1, 0.15) is 0 Å². The van der Waals surface area contributed by atoms with Crippen LogP contribution in [-0.2, 0) is 11.2 Å². The highest BCUT2D eigenvalue weighted by atomic mass is 35.5. The first-order valence-electron chi connectivity index (χ1n) is 9.14. The molecule has 2 amide bonds. The summed E-state index contributed by atoms with van der Waals surface area (Å²) < 4.78 is 0. The number of carbonyl (C=O) groups excluding carboxylic acids is 2. The van der Waals surface area contributed by atoms with E-state index in [1.54, 1.807) is 12.1 Å². The number of amides is 2. The van der Waals surface area contributed by atoms with E-state index in [2.05, 4.69) is 10.6 Å². The number of nitrogen functional groups attached to an aromatic ring is 1. The number of aryl methyl sites for hydroxylation is 1. The van der Waals surface area contributed by atoms with E-state index in [4.69, 9.17) is 5.73 Å². The Hall–Kier alpha value is -2.53. The second-order valence-electron chi connectivity index (χ2n) is 6.70. The number of rotatable bonds is 6. The summed E-state index contributed by atoms with van der Waals surface area (Å²) >= 11 is 0. The highest BCUT2D eigenvalue weighted by Gasteiger charge is 2.21. The molecule has 5 nitrogen and oxygen atoms in total. The van der Waals surface area contributed by atoms with Gasteiger partial charge in [0.15, 0.2) is 0 Å². The van der Waals surface area contributed by atoms with Gasteiger partial charge in [-0.05, 0) is 61.1 Å². The molecule has 0 fully saturated rings. The van der Waals surface area contributed by atoms with Crippen molar-refractivity contribution in [2.75, 3.05) is 12.3 Å². The zero-order chi connectivity index (χ0) is 18.4.